The SMILES string of the molecule is CC(C)(C)c1nc(O)cc(OC(F)F)n1. The van der Waals surface area contributed by atoms with Crippen LogP contribution in [-0.4, -0.2) is 21.7 Å². The summed E-state index contributed by atoms with van der Waals surface area (Å²) in [6.45, 7) is 2.43. The van der Waals surface area contributed by atoms with Gasteiger partial charge < -0.3 is 9.84 Å². The van der Waals surface area contributed by atoms with Crippen LogP contribution in [0, 0.1) is 0 Å². The topological polar surface area (TPSA) is 55.2 Å². The quantitative estimate of drug-likeness (QED) is 0.825. The van der Waals surface area contributed by atoms with Crippen LogP contribution in [0.5, 0.6) is 11.8 Å². The van der Waals surface area contributed by atoms with E-state index in [1.165, 1.54) is 0 Å². The van der Waals surface area contributed by atoms with Gasteiger partial charge in [0.25, 0.3) is 0 Å². The van der Waals surface area contributed by atoms with Gasteiger partial charge in [0.2, 0.25) is 11.8 Å². The van der Waals surface area contributed by atoms with Crippen LogP contribution in [0.1, 0.15) is 26.6 Å². The number of aromatic nitrogens is 2. The normalized spacial score (nSPS) is 11.9. The summed E-state index contributed by atoms with van der Waals surface area (Å²) in [5.74, 6) is -0.467. The minimum atomic E-state index is -2.97. The summed E-state index contributed by atoms with van der Waals surface area (Å²) in [6, 6.07) is 0.946. The number of nitrogens with zero attached hydrogens (tertiary/aromatic N) is 2. The molecule has 1 aromatic rings. The van der Waals surface area contributed by atoms with Crippen molar-refractivity contribution in [3.05, 3.63) is 11.9 Å². The molecule has 0 atom stereocenters. The van der Waals surface area contributed by atoms with Crippen molar-refractivity contribution in [2.24, 2.45) is 0 Å². The summed E-state index contributed by atoms with van der Waals surface area (Å²) >= 11 is 0. The van der Waals surface area contributed by atoms with Gasteiger partial charge in [0.15, 0.2) is 0 Å². The molecule has 0 fully saturated rings. The van der Waals surface area contributed by atoms with E-state index < -0.39 is 12.0 Å². The predicted octanol–water partition coefficient (Wildman–Crippen LogP) is 2.08. The van der Waals surface area contributed by atoms with Crippen LogP contribution in [0.3, 0.4) is 0 Å². The number of hydrogen-bond acceptors (Lipinski definition) is 4. The number of rotatable bonds is 2. The molecule has 15 heavy (non-hydrogen) atoms. The van der Waals surface area contributed by atoms with Crippen molar-refractivity contribution >= 4 is 0 Å². The molecule has 1 heterocycles. The van der Waals surface area contributed by atoms with Crippen LogP contribution >= 0.6 is 0 Å². The highest BCUT2D eigenvalue weighted by molar-refractivity contribution is 5.22. The fourth-order valence-corrected chi connectivity index (χ4v) is 0.900. The van der Waals surface area contributed by atoms with Crippen molar-refractivity contribution in [1.82, 2.24) is 9.97 Å². The molecule has 0 aliphatic carbocycles. The number of ether oxygens (including phenoxy) is 1. The molecule has 0 saturated heterocycles. The van der Waals surface area contributed by atoms with E-state index in [0.717, 1.165) is 6.07 Å². The molecule has 1 aromatic heterocycles. The van der Waals surface area contributed by atoms with Crippen LogP contribution in [0.15, 0.2) is 6.07 Å². The van der Waals surface area contributed by atoms with Gasteiger partial charge in [-0.25, -0.2) is 0 Å². The van der Waals surface area contributed by atoms with E-state index >= 15 is 0 Å². The molecular weight excluding hydrogens is 206 g/mol. The van der Waals surface area contributed by atoms with E-state index in [1.807, 2.05) is 0 Å². The lowest BCUT2D eigenvalue weighted by Crippen LogP contribution is -2.17. The van der Waals surface area contributed by atoms with E-state index in [0.29, 0.717) is 0 Å². The molecule has 6 heteroatoms. The van der Waals surface area contributed by atoms with E-state index in [4.69, 9.17) is 0 Å². The molecule has 1 N–H and O–H groups in total. The lowest BCUT2D eigenvalue weighted by molar-refractivity contribution is -0.0532. The molecule has 0 spiro atoms. The second-order valence-corrected chi connectivity index (χ2v) is 4.02. The second-order valence-electron chi connectivity index (χ2n) is 4.02. The summed E-state index contributed by atoms with van der Waals surface area (Å²) in [5, 5.41) is 9.19. The first-order chi connectivity index (χ1) is 6.79. The van der Waals surface area contributed by atoms with Gasteiger partial charge in [-0.15, -0.1) is 0 Å². The molecule has 0 radical (unpaired) electrons. The monoisotopic (exact) mass is 218 g/mol. The third-order valence-corrected chi connectivity index (χ3v) is 1.57. The molecular formula is C9H12F2N2O2. The first kappa shape index (κ1) is 11.6. The minimum Gasteiger partial charge on any atom is -0.493 e. The summed E-state index contributed by atoms with van der Waals surface area (Å²) in [6.07, 6.45) is 0. The van der Waals surface area contributed by atoms with Crippen LogP contribution < -0.4 is 4.74 Å². The van der Waals surface area contributed by atoms with E-state index in [2.05, 4.69) is 14.7 Å². The highest BCUT2D eigenvalue weighted by Crippen LogP contribution is 2.24. The molecule has 0 aliphatic rings. The Balaban J connectivity index is 3.06. The van der Waals surface area contributed by atoms with E-state index in [-0.39, 0.29) is 17.6 Å². The maximum absolute atomic E-state index is 11.9. The zero-order chi connectivity index (χ0) is 11.6. The van der Waals surface area contributed by atoms with Gasteiger partial charge >= 0.3 is 6.61 Å². The predicted molar refractivity (Wildman–Crippen MR) is 49.0 cm³/mol. The van der Waals surface area contributed by atoms with Gasteiger partial charge in [0, 0.05) is 5.41 Å². The number of aromatic hydroxyl groups is 1. The van der Waals surface area contributed by atoms with Gasteiger partial charge in [-0.1, -0.05) is 20.8 Å². The van der Waals surface area contributed by atoms with E-state index in [1.54, 1.807) is 20.8 Å². The molecule has 0 saturated carbocycles. The maximum atomic E-state index is 11.9. The lowest BCUT2D eigenvalue weighted by atomic mass is 9.96. The molecule has 0 aliphatic heterocycles. The second kappa shape index (κ2) is 3.96. The largest absolute Gasteiger partial charge is 0.493 e. The summed E-state index contributed by atoms with van der Waals surface area (Å²) in [4.78, 5) is 7.50. The highest BCUT2D eigenvalue weighted by atomic mass is 19.3. The minimum absolute atomic E-state index is 0.248. The Bertz CT molecular complexity index is 350. The van der Waals surface area contributed by atoms with Gasteiger partial charge in [0.05, 0.1) is 6.07 Å². The van der Waals surface area contributed by atoms with Crippen molar-refractivity contribution in [3.8, 4) is 11.8 Å². The lowest BCUT2D eigenvalue weighted by Gasteiger charge is -2.17. The van der Waals surface area contributed by atoms with Gasteiger partial charge in [-0.05, 0) is 0 Å². The van der Waals surface area contributed by atoms with Gasteiger partial charge in [0.1, 0.15) is 5.82 Å². The Labute approximate surface area is 85.9 Å². The molecule has 4 nitrogen and oxygen atoms in total. The molecule has 0 amide bonds. The first-order valence-corrected chi connectivity index (χ1v) is 4.32. The fraction of sp³-hybridized carbons (Fsp3) is 0.556. The average Bonchev–Trinajstić information content (AvgIpc) is 1.99. The molecule has 0 bridgehead atoms. The van der Waals surface area contributed by atoms with E-state index in [9.17, 15) is 13.9 Å². The van der Waals surface area contributed by atoms with Crippen LogP contribution in [0.2, 0.25) is 0 Å². The third-order valence-electron chi connectivity index (χ3n) is 1.57. The molecule has 84 valence electrons. The number of alkyl halides is 2. The van der Waals surface area contributed by atoms with Crippen LogP contribution in [-0.2, 0) is 5.41 Å². The molecule has 1 rings (SSSR count). The first-order valence-electron chi connectivity index (χ1n) is 4.32. The molecule has 0 unspecified atom stereocenters. The van der Waals surface area contributed by atoms with Crippen LogP contribution in [0.25, 0.3) is 0 Å². The Morgan fingerprint density at radius 1 is 1.33 bits per heavy atom. The zero-order valence-corrected chi connectivity index (χ0v) is 8.66. The summed E-state index contributed by atoms with van der Waals surface area (Å²) in [5.41, 5.74) is -0.445. The van der Waals surface area contributed by atoms with Crippen molar-refractivity contribution in [2.45, 2.75) is 32.8 Å². The van der Waals surface area contributed by atoms with Gasteiger partial charge in [-0.2, -0.15) is 18.7 Å². The van der Waals surface area contributed by atoms with Crippen molar-refractivity contribution in [3.63, 3.8) is 0 Å². The highest BCUT2D eigenvalue weighted by Gasteiger charge is 2.20. The molecule has 0 aromatic carbocycles. The van der Waals surface area contributed by atoms with Gasteiger partial charge in [-0.3, -0.25) is 0 Å². The third kappa shape index (κ3) is 3.30. The average molecular weight is 218 g/mol. The summed E-state index contributed by atoms with van der Waals surface area (Å²) in [7, 11) is 0. The Hall–Kier alpha value is -1.46. The Kier molecular flexibility index (Phi) is 3.06. The number of hydrogen-bond donors (Lipinski definition) is 1. The summed E-state index contributed by atoms with van der Waals surface area (Å²) < 4.78 is 27.9. The van der Waals surface area contributed by atoms with Crippen molar-refractivity contribution in [2.75, 3.05) is 0 Å². The smallest absolute Gasteiger partial charge is 0.388 e. The Morgan fingerprint density at radius 3 is 2.40 bits per heavy atom. The van der Waals surface area contributed by atoms with Crippen molar-refractivity contribution in [1.29, 1.82) is 0 Å². The fourth-order valence-electron chi connectivity index (χ4n) is 0.900. The number of halogens is 2. The maximum Gasteiger partial charge on any atom is 0.388 e. The van der Waals surface area contributed by atoms with Crippen molar-refractivity contribution < 1.29 is 18.6 Å². The van der Waals surface area contributed by atoms with Crippen LogP contribution in [0.4, 0.5) is 8.78 Å². The standard InChI is InChI=1S/C9H12F2N2O2/c1-9(2,3)7-12-5(14)4-6(13-7)15-8(10)11/h4,8H,1-3H3,(H,12,13,14). The Morgan fingerprint density at radius 2 is 1.93 bits per heavy atom. The zero-order valence-electron chi connectivity index (χ0n) is 8.66.